The molecule has 0 aliphatic heterocycles. The minimum Gasteiger partial charge on any atom is -0.462 e. The molecule has 3 N–H and O–H groups in total. The summed E-state index contributed by atoms with van der Waals surface area (Å²) in [5.41, 5.74) is 0. The zero-order valence-electron chi connectivity index (χ0n) is 67.5. The highest BCUT2D eigenvalue weighted by Crippen LogP contribution is 2.45. The lowest BCUT2D eigenvalue weighted by Crippen LogP contribution is -2.30. The van der Waals surface area contributed by atoms with Gasteiger partial charge in [0.2, 0.25) is 0 Å². The number of rotatable bonds is 84. The van der Waals surface area contributed by atoms with Gasteiger partial charge in [-0.1, -0.05) is 401 Å². The molecule has 19 heteroatoms. The number of unbranched alkanes of at least 4 members (excludes halogenated alkanes) is 56. The van der Waals surface area contributed by atoms with Crippen molar-refractivity contribution in [3.05, 3.63) is 0 Å². The standard InChI is InChI=1S/C84H164O17P2/c1-6-9-12-15-18-21-24-27-30-32-33-34-35-37-40-43-46-49-54-60-65-70-83(88)100-79(73-94-81(86)67-62-57-52-47-44-41-39-36-31-28-25-22-19-16-13-10-7-2)75-98-102(90,91)96-71-78(85)72-97-103(92,93)99-76-80(74-95-82(87)68-63-58-55-50-51-56-61-66-77(4)5)101-84(89)69-64-59-53-48-45-42-38-29-26-23-20-17-14-11-8-3/h77-80,85H,6-76H2,1-5H3,(H,90,91)(H,92,93)/t78-,79-,80-/m1/s1. The highest BCUT2D eigenvalue weighted by molar-refractivity contribution is 7.47. The van der Waals surface area contributed by atoms with Crippen LogP contribution in [0.25, 0.3) is 0 Å². The first-order chi connectivity index (χ1) is 50.0. The van der Waals surface area contributed by atoms with E-state index >= 15 is 0 Å². The second-order valence-corrected chi connectivity index (χ2v) is 33.6. The van der Waals surface area contributed by atoms with Crippen LogP contribution in [-0.4, -0.2) is 96.7 Å². The van der Waals surface area contributed by atoms with Gasteiger partial charge in [-0.3, -0.25) is 37.3 Å². The molecule has 2 unspecified atom stereocenters. The van der Waals surface area contributed by atoms with Gasteiger partial charge in [-0.15, -0.1) is 0 Å². The van der Waals surface area contributed by atoms with Gasteiger partial charge in [-0.05, 0) is 31.6 Å². The lowest BCUT2D eigenvalue weighted by molar-refractivity contribution is -0.161. The number of aliphatic hydroxyl groups excluding tert-OH is 1. The van der Waals surface area contributed by atoms with Crippen LogP contribution in [0.3, 0.4) is 0 Å². The van der Waals surface area contributed by atoms with Gasteiger partial charge in [-0.25, -0.2) is 9.13 Å². The smallest absolute Gasteiger partial charge is 0.462 e. The molecule has 5 atom stereocenters. The molecule has 0 amide bonds. The predicted molar refractivity (Wildman–Crippen MR) is 423 cm³/mol. The van der Waals surface area contributed by atoms with Gasteiger partial charge in [0.1, 0.15) is 19.3 Å². The van der Waals surface area contributed by atoms with Crippen LogP contribution in [0.2, 0.25) is 0 Å². The molecule has 612 valence electrons. The molecule has 0 aromatic rings. The average Bonchev–Trinajstić information content (AvgIpc) is 0.915. The molecule has 0 aromatic carbocycles. The van der Waals surface area contributed by atoms with E-state index in [0.29, 0.717) is 31.6 Å². The number of phosphoric acid groups is 2. The van der Waals surface area contributed by atoms with Crippen LogP contribution in [0.5, 0.6) is 0 Å². The maximum absolute atomic E-state index is 13.1. The Balaban J connectivity index is 5.22. The number of esters is 4. The SMILES string of the molecule is CCCCCCCCCCCCCCCCCCCCCCCC(=O)O[C@H](COC(=O)CCCCCCCCCCCCCCCCCCC)COP(=O)(O)OC[C@@H](O)COP(=O)(O)OC[C@@H](COC(=O)CCCCCCCCCC(C)C)OC(=O)CCCCCCCCCCCCCCCCC. The Morgan fingerprint density at radius 3 is 0.660 bits per heavy atom. The van der Waals surface area contributed by atoms with E-state index < -0.39 is 97.5 Å². The minimum atomic E-state index is -4.96. The molecule has 17 nitrogen and oxygen atoms in total. The number of carbonyl (C=O) groups is 4. The maximum Gasteiger partial charge on any atom is 0.472 e. The van der Waals surface area contributed by atoms with Crippen LogP contribution < -0.4 is 0 Å². The monoisotopic (exact) mass is 1510 g/mol. The van der Waals surface area contributed by atoms with Crippen LogP contribution in [0.15, 0.2) is 0 Å². The van der Waals surface area contributed by atoms with E-state index in [-0.39, 0.29) is 25.7 Å². The van der Waals surface area contributed by atoms with Crippen molar-refractivity contribution in [1.29, 1.82) is 0 Å². The summed E-state index contributed by atoms with van der Waals surface area (Å²) in [7, 11) is -9.92. The van der Waals surface area contributed by atoms with Crippen molar-refractivity contribution in [2.24, 2.45) is 5.92 Å². The second-order valence-electron chi connectivity index (χ2n) is 30.7. The average molecular weight is 1510 g/mol. The zero-order valence-corrected chi connectivity index (χ0v) is 69.3. The van der Waals surface area contributed by atoms with Crippen LogP contribution in [-0.2, 0) is 65.4 Å². The molecule has 0 saturated carbocycles. The Morgan fingerprint density at radius 2 is 0.447 bits per heavy atom. The van der Waals surface area contributed by atoms with Crippen LogP contribution in [0.4, 0.5) is 0 Å². The largest absolute Gasteiger partial charge is 0.472 e. The third-order valence-corrected chi connectivity index (χ3v) is 21.7. The molecule has 0 heterocycles. The summed E-state index contributed by atoms with van der Waals surface area (Å²) in [6.45, 7) is 7.30. The highest BCUT2D eigenvalue weighted by Gasteiger charge is 2.30. The summed E-state index contributed by atoms with van der Waals surface area (Å²) in [4.78, 5) is 73.1. The molecular formula is C84H164O17P2. The van der Waals surface area contributed by atoms with Crippen molar-refractivity contribution in [1.82, 2.24) is 0 Å². The van der Waals surface area contributed by atoms with Crippen LogP contribution in [0, 0.1) is 5.92 Å². The number of hydrogen-bond donors (Lipinski definition) is 3. The molecule has 0 rings (SSSR count). The number of ether oxygens (including phenoxy) is 4. The lowest BCUT2D eigenvalue weighted by atomic mass is 10.0. The second kappa shape index (κ2) is 76.8. The molecule has 103 heavy (non-hydrogen) atoms. The molecule has 0 fully saturated rings. The first-order valence-electron chi connectivity index (χ1n) is 43.6. The summed E-state index contributed by atoms with van der Waals surface area (Å²) in [5, 5.41) is 10.7. The highest BCUT2D eigenvalue weighted by atomic mass is 31.2. The third kappa shape index (κ3) is 78.0. The Kier molecular flexibility index (Phi) is 75.4. The maximum atomic E-state index is 13.1. The van der Waals surface area contributed by atoms with Crippen molar-refractivity contribution in [2.45, 2.75) is 470 Å². The van der Waals surface area contributed by atoms with Crippen molar-refractivity contribution < 1.29 is 80.2 Å². The summed E-state index contributed by atoms with van der Waals surface area (Å²) in [5.74, 6) is -1.40. The van der Waals surface area contributed by atoms with E-state index in [9.17, 15) is 43.2 Å². The molecule has 0 aliphatic rings. The number of aliphatic hydroxyl groups is 1. The van der Waals surface area contributed by atoms with E-state index in [2.05, 4.69) is 34.6 Å². The van der Waals surface area contributed by atoms with Crippen molar-refractivity contribution in [2.75, 3.05) is 39.6 Å². The van der Waals surface area contributed by atoms with Crippen LogP contribution >= 0.6 is 15.6 Å². The fourth-order valence-corrected chi connectivity index (χ4v) is 14.7. The fourth-order valence-electron chi connectivity index (χ4n) is 13.1. The minimum absolute atomic E-state index is 0.108. The molecule has 0 radical (unpaired) electrons. The normalized spacial score (nSPS) is 13.8. The van der Waals surface area contributed by atoms with Gasteiger partial charge in [-0.2, -0.15) is 0 Å². The summed E-state index contributed by atoms with van der Waals surface area (Å²) < 4.78 is 68.8. The van der Waals surface area contributed by atoms with Gasteiger partial charge in [0.25, 0.3) is 0 Å². The van der Waals surface area contributed by atoms with Crippen molar-refractivity contribution >= 4 is 39.5 Å². The van der Waals surface area contributed by atoms with Crippen molar-refractivity contribution in [3.8, 4) is 0 Å². The van der Waals surface area contributed by atoms with E-state index in [4.69, 9.17) is 37.0 Å². The van der Waals surface area contributed by atoms with Gasteiger partial charge in [0.05, 0.1) is 26.4 Å². The molecule has 0 aromatic heterocycles. The van der Waals surface area contributed by atoms with Crippen molar-refractivity contribution in [3.63, 3.8) is 0 Å². The number of hydrogen-bond acceptors (Lipinski definition) is 15. The zero-order chi connectivity index (χ0) is 75.5. The quantitative estimate of drug-likeness (QED) is 0.0222. The number of carbonyl (C=O) groups excluding carboxylic acids is 4. The van der Waals surface area contributed by atoms with Gasteiger partial charge in [0.15, 0.2) is 12.2 Å². The number of phosphoric ester groups is 2. The van der Waals surface area contributed by atoms with E-state index in [1.807, 2.05) is 0 Å². The Labute approximate surface area is 632 Å². The summed E-state index contributed by atoms with van der Waals surface area (Å²) in [6.07, 6.45) is 69.5. The van der Waals surface area contributed by atoms with E-state index in [0.717, 1.165) is 96.3 Å². The van der Waals surface area contributed by atoms with Gasteiger partial charge >= 0.3 is 39.5 Å². The first kappa shape index (κ1) is 101. The molecule has 0 saturated heterocycles. The topological polar surface area (TPSA) is 237 Å². The van der Waals surface area contributed by atoms with E-state index in [1.165, 1.54) is 270 Å². The Bertz CT molecular complexity index is 1960. The van der Waals surface area contributed by atoms with Gasteiger partial charge < -0.3 is 33.8 Å². The predicted octanol–water partition coefficient (Wildman–Crippen LogP) is 25.6. The fraction of sp³-hybridized carbons (Fsp3) is 0.952. The van der Waals surface area contributed by atoms with Crippen LogP contribution in [0.1, 0.15) is 452 Å². The molecule has 0 spiro atoms. The Morgan fingerprint density at radius 1 is 0.262 bits per heavy atom. The third-order valence-electron chi connectivity index (χ3n) is 19.8. The summed E-state index contributed by atoms with van der Waals surface area (Å²) >= 11 is 0. The van der Waals surface area contributed by atoms with Gasteiger partial charge in [0, 0.05) is 25.7 Å². The lowest BCUT2D eigenvalue weighted by Gasteiger charge is -2.21. The molecule has 0 aliphatic carbocycles. The summed E-state index contributed by atoms with van der Waals surface area (Å²) in [6, 6.07) is 0. The molecule has 0 bridgehead atoms. The van der Waals surface area contributed by atoms with E-state index in [1.54, 1.807) is 0 Å². The molecular weight excluding hydrogens is 1340 g/mol. The Hall–Kier alpha value is -1.94. The first-order valence-corrected chi connectivity index (χ1v) is 46.6.